The number of rotatable bonds is 7. The number of likely N-dealkylation sites (N-methyl/N-ethyl adjacent to an activating group) is 1. The van der Waals surface area contributed by atoms with E-state index in [0.717, 1.165) is 30.6 Å². The molecule has 178 valence electrons. The standard InChI is InChI=1S/C25H28FN5O3/c1-2-30-11-13-31(14-12-30)24(33)10-9-23(32)27-22-16-17(7-8-20(22)26)15-21-18-5-3-4-6-19(18)25(34)29-28-21/h3-8,16H,2,9-15H2,1H3,(H,27,32)(H,29,34). The highest BCUT2D eigenvalue weighted by Gasteiger charge is 2.21. The fraction of sp³-hybridized carbons (Fsp3) is 0.360. The molecule has 0 bridgehead atoms. The van der Waals surface area contributed by atoms with Gasteiger partial charge < -0.3 is 15.1 Å². The van der Waals surface area contributed by atoms with Gasteiger partial charge in [0.05, 0.1) is 16.8 Å². The largest absolute Gasteiger partial charge is 0.340 e. The Hall–Kier alpha value is -3.59. The topological polar surface area (TPSA) is 98.4 Å². The first-order valence-corrected chi connectivity index (χ1v) is 11.5. The van der Waals surface area contributed by atoms with Crippen LogP contribution in [0.2, 0.25) is 0 Å². The third kappa shape index (κ3) is 5.48. The van der Waals surface area contributed by atoms with E-state index in [9.17, 15) is 18.8 Å². The Kier molecular flexibility index (Phi) is 7.32. The second-order valence-corrected chi connectivity index (χ2v) is 8.40. The molecule has 2 N–H and O–H groups in total. The van der Waals surface area contributed by atoms with Crippen molar-refractivity contribution in [3.8, 4) is 0 Å². The van der Waals surface area contributed by atoms with Gasteiger partial charge in [-0.15, -0.1) is 0 Å². The molecule has 1 saturated heterocycles. The van der Waals surface area contributed by atoms with Gasteiger partial charge in [0.2, 0.25) is 11.8 Å². The summed E-state index contributed by atoms with van der Waals surface area (Å²) >= 11 is 0. The molecule has 1 aromatic heterocycles. The third-order valence-electron chi connectivity index (χ3n) is 6.19. The van der Waals surface area contributed by atoms with Gasteiger partial charge in [0.1, 0.15) is 5.82 Å². The first-order chi connectivity index (χ1) is 16.4. The number of H-pyrrole nitrogens is 1. The number of piperazine rings is 1. The van der Waals surface area contributed by atoms with Crippen LogP contribution in [0.3, 0.4) is 0 Å². The van der Waals surface area contributed by atoms with Crippen LogP contribution in [0.15, 0.2) is 47.3 Å². The predicted octanol–water partition coefficient (Wildman–Crippen LogP) is 2.54. The minimum Gasteiger partial charge on any atom is -0.340 e. The Morgan fingerprint density at radius 2 is 1.79 bits per heavy atom. The van der Waals surface area contributed by atoms with Crippen molar-refractivity contribution < 1.29 is 14.0 Å². The Bertz CT molecular complexity index is 1250. The molecule has 0 atom stereocenters. The molecule has 8 nitrogen and oxygen atoms in total. The minimum atomic E-state index is -0.557. The molecule has 0 aliphatic carbocycles. The van der Waals surface area contributed by atoms with E-state index in [-0.39, 0.29) is 30.0 Å². The SMILES string of the molecule is CCN1CCN(C(=O)CCC(=O)Nc2cc(Cc3n[nH]c(=O)c4ccccc34)ccc2F)CC1. The van der Waals surface area contributed by atoms with Gasteiger partial charge in [-0.1, -0.05) is 31.2 Å². The number of halogens is 1. The molecule has 2 heterocycles. The Morgan fingerprint density at radius 3 is 2.53 bits per heavy atom. The highest BCUT2D eigenvalue weighted by Crippen LogP contribution is 2.21. The molecule has 3 aromatic rings. The maximum atomic E-state index is 14.4. The molecule has 34 heavy (non-hydrogen) atoms. The lowest BCUT2D eigenvalue weighted by Crippen LogP contribution is -2.48. The molecular weight excluding hydrogens is 437 g/mol. The van der Waals surface area contributed by atoms with Gasteiger partial charge in [-0.25, -0.2) is 9.49 Å². The van der Waals surface area contributed by atoms with Crippen LogP contribution in [0.5, 0.6) is 0 Å². The fourth-order valence-corrected chi connectivity index (χ4v) is 4.18. The van der Waals surface area contributed by atoms with Crippen molar-refractivity contribution in [1.29, 1.82) is 0 Å². The molecule has 1 aliphatic heterocycles. The number of aromatic amines is 1. The molecule has 2 amide bonds. The number of anilines is 1. The zero-order valence-corrected chi connectivity index (χ0v) is 19.1. The summed E-state index contributed by atoms with van der Waals surface area (Å²) in [4.78, 5) is 40.9. The summed E-state index contributed by atoms with van der Waals surface area (Å²) in [6, 6.07) is 11.6. The molecule has 2 aromatic carbocycles. The molecule has 0 radical (unpaired) electrons. The van der Waals surface area contributed by atoms with Crippen molar-refractivity contribution in [1.82, 2.24) is 20.0 Å². The Labute approximate surface area is 196 Å². The molecule has 0 saturated carbocycles. The number of hydrogen-bond acceptors (Lipinski definition) is 5. The molecule has 4 rings (SSSR count). The number of hydrogen-bond donors (Lipinski definition) is 2. The van der Waals surface area contributed by atoms with E-state index < -0.39 is 11.7 Å². The summed E-state index contributed by atoms with van der Waals surface area (Å²) in [7, 11) is 0. The average Bonchev–Trinajstić information content (AvgIpc) is 2.86. The monoisotopic (exact) mass is 465 g/mol. The third-order valence-corrected chi connectivity index (χ3v) is 6.19. The van der Waals surface area contributed by atoms with E-state index in [2.05, 4.69) is 27.3 Å². The first kappa shape index (κ1) is 23.6. The molecule has 0 spiro atoms. The van der Waals surface area contributed by atoms with E-state index >= 15 is 0 Å². The van der Waals surface area contributed by atoms with E-state index in [1.54, 1.807) is 29.2 Å². The van der Waals surface area contributed by atoms with Crippen LogP contribution in [0.1, 0.15) is 31.0 Å². The number of aromatic nitrogens is 2. The summed E-state index contributed by atoms with van der Waals surface area (Å²) in [5.41, 5.74) is 1.16. The maximum absolute atomic E-state index is 14.4. The van der Waals surface area contributed by atoms with Crippen LogP contribution in [0.25, 0.3) is 10.8 Å². The van der Waals surface area contributed by atoms with Crippen molar-refractivity contribution >= 4 is 28.3 Å². The number of benzene rings is 2. The van der Waals surface area contributed by atoms with Gasteiger partial charge in [0, 0.05) is 50.8 Å². The second-order valence-electron chi connectivity index (χ2n) is 8.40. The van der Waals surface area contributed by atoms with Gasteiger partial charge >= 0.3 is 0 Å². The van der Waals surface area contributed by atoms with Gasteiger partial charge in [0.15, 0.2) is 0 Å². The summed E-state index contributed by atoms with van der Waals surface area (Å²) in [5.74, 6) is -1.03. The van der Waals surface area contributed by atoms with Gasteiger partial charge in [-0.3, -0.25) is 14.4 Å². The van der Waals surface area contributed by atoms with Crippen LogP contribution in [0, 0.1) is 5.82 Å². The summed E-state index contributed by atoms with van der Waals surface area (Å²) in [6.45, 7) is 6.06. The summed E-state index contributed by atoms with van der Waals surface area (Å²) < 4.78 is 14.4. The number of fused-ring (bicyclic) bond motifs is 1. The minimum absolute atomic E-state index is 0.0113. The van der Waals surface area contributed by atoms with Crippen molar-refractivity contribution in [2.75, 3.05) is 38.0 Å². The van der Waals surface area contributed by atoms with E-state index in [1.165, 1.54) is 6.07 Å². The van der Waals surface area contributed by atoms with Crippen LogP contribution in [-0.2, 0) is 16.0 Å². The molecule has 9 heteroatoms. The Balaban J connectivity index is 1.38. The zero-order chi connectivity index (χ0) is 24.1. The molecule has 1 fully saturated rings. The lowest BCUT2D eigenvalue weighted by Gasteiger charge is -2.34. The molecular formula is C25H28FN5O3. The van der Waals surface area contributed by atoms with Crippen LogP contribution >= 0.6 is 0 Å². The second kappa shape index (κ2) is 10.6. The lowest BCUT2D eigenvalue weighted by atomic mass is 10.0. The quantitative estimate of drug-likeness (QED) is 0.559. The zero-order valence-electron chi connectivity index (χ0n) is 19.1. The number of carbonyl (C=O) groups is 2. The number of nitrogens with zero attached hydrogens (tertiary/aromatic N) is 3. The van der Waals surface area contributed by atoms with Crippen molar-refractivity contribution in [3.63, 3.8) is 0 Å². The highest BCUT2D eigenvalue weighted by atomic mass is 19.1. The molecule has 1 aliphatic rings. The maximum Gasteiger partial charge on any atom is 0.272 e. The smallest absolute Gasteiger partial charge is 0.272 e. The van der Waals surface area contributed by atoms with E-state index in [0.29, 0.717) is 30.6 Å². The van der Waals surface area contributed by atoms with Crippen molar-refractivity contribution in [3.05, 3.63) is 69.9 Å². The lowest BCUT2D eigenvalue weighted by molar-refractivity contribution is -0.134. The van der Waals surface area contributed by atoms with Crippen LogP contribution < -0.4 is 10.9 Å². The normalized spacial score (nSPS) is 14.4. The van der Waals surface area contributed by atoms with Crippen molar-refractivity contribution in [2.24, 2.45) is 0 Å². The van der Waals surface area contributed by atoms with Gasteiger partial charge in [-0.05, 0) is 30.3 Å². The van der Waals surface area contributed by atoms with Gasteiger partial charge in [0.25, 0.3) is 5.56 Å². The van der Waals surface area contributed by atoms with Gasteiger partial charge in [-0.2, -0.15) is 5.10 Å². The highest BCUT2D eigenvalue weighted by molar-refractivity contribution is 5.93. The predicted molar refractivity (Wildman–Crippen MR) is 128 cm³/mol. The average molecular weight is 466 g/mol. The number of nitrogens with one attached hydrogen (secondary N) is 2. The molecule has 0 unspecified atom stereocenters. The fourth-order valence-electron chi connectivity index (χ4n) is 4.18. The summed E-state index contributed by atoms with van der Waals surface area (Å²) in [5, 5.41) is 10.5. The van der Waals surface area contributed by atoms with Crippen LogP contribution in [-0.4, -0.2) is 64.5 Å². The van der Waals surface area contributed by atoms with Crippen molar-refractivity contribution in [2.45, 2.75) is 26.2 Å². The number of amides is 2. The summed E-state index contributed by atoms with van der Waals surface area (Å²) in [6.07, 6.45) is 0.428. The first-order valence-electron chi connectivity index (χ1n) is 11.5. The van der Waals surface area contributed by atoms with E-state index in [1.807, 2.05) is 12.1 Å². The van der Waals surface area contributed by atoms with E-state index in [4.69, 9.17) is 0 Å². The van der Waals surface area contributed by atoms with Crippen LogP contribution in [0.4, 0.5) is 10.1 Å². The number of carbonyl (C=O) groups excluding carboxylic acids is 2. The Morgan fingerprint density at radius 1 is 1.06 bits per heavy atom.